The minimum Gasteiger partial charge on any atom is -0.389 e. The third-order valence-corrected chi connectivity index (χ3v) is 2.59. The number of hydrogen-bond donors (Lipinski definition) is 1. The number of pyridine rings is 1. The number of nitrogens with zero attached hydrogens (tertiary/aromatic N) is 2. The lowest BCUT2D eigenvalue weighted by atomic mass is 10.1. The van der Waals surface area contributed by atoms with Crippen LogP contribution in [0.3, 0.4) is 0 Å². The van der Waals surface area contributed by atoms with Crippen LogP contribution in [0.25, 0.3) is 0 Å². The molecular weight excluding hydrogens is 281 g/mol. The summed E-state index contributed by atoms with van der Waals surface area (Å²) >= 11 is 5.63. The Labute approximate surface area is 115 Å². The normalized spacial score (nSPS) is 12.6. The van der Waals surface area contributed by atoms with E-state index in [2.05, 4.69) is 4.98 Å². The van der Waals surface area contributed by atoms with Crippen molar-refractivity contribution in [3.63, 3.8) is 0 Å². The van der Waals surface area contributed by atoms with Crippen LogP contribution in [0.2, 0.25) is 5.15 Å². The molecule has 108 valence electrons. The fourth-order valence-corrected chi connectivity index (χ4v) is 1.83. The van der Waals surface area contributed by atoms with Gasteiger partial charge in [-0.05, 0) is 32.9 Å². The molecule has 7 heteroatoms. The van der Waals surface area contributed by atoms with Gasteiger partial charge >= 0.3 is 6.18 Å². The number of likely N-dealkylation sites (N-methyl/N-ethyl adjacent to an activating group) is 1. The van der Waals surface area contributed by atoms with Crippen LogP contribution in [-0.4, -0.2) is 28.8 Å². The Morgan fingerprint density at radius 1 is 1.32 bits per heavy atom. The molecular formula is C12H16ClF3N2O. The molecule has 1 N–H and O–H groups in total. The zero-order valence-corrected chi connectivity index (χ0v) is 11.7. The van der Waals surface area contributed by atoms with Gasteiger partial charge in [-0.2, -0.15) is 13.2 Å². The van der Waals surface area contributed by atoms with Gasteiger partial charge < -0.3 is 10.0 Å². The van der Waals surface area contributed by atoms with Gasteiger partial charge in [-0.15, -0.1) is 0 Å². The van der Waals surface area contributed by atoms with E-state index in [1.807, 2.05) is 0 Å². The largest absolute Gasteiger partial charge is 0.416 e. The van der Waals surface area contributed by atoms with Crippen LogP contribution in [0.15, 0.2) is 12.1 Å². The second-order valence-corrected chi connectivity index (χ2v) is 5.25. The quantitative estimate of drug-likeness (QED) is 0.866. The highest BCUT2D eigenvalue weighted by Crippen LogP contribution is 2.33. The molecule has 0 aliphatic heterocycles. The molecule has 3 nitrogen and oxygen atoms in total. The van der Waals surface area contributed by atoms with Gasteiger partial charge in [0.15, 0.2) is 0 Å². The lowest BCUT2D eigenvalue weighted by Crippen LogP contribution is -2.39. The Morgan fingerprint density at radius 3 is 2.32 bits per heavy atom. The Hall–Kier alpha value is -1.01. The summed E-state index contributed by atoms with van der Waals surface area (Å²) in [5.41, 5.74) is -1.89. The van der Waals surface area contributed by atoms with Crippen LogP contribution in [-0.2, 0) is 6.18 Å². The van der Waals surface area contributed by atoms with Crippen molar-refractivity contribution in [2.75, 3.05) is 18.0 Å². The van der Waals surface area contributed by atoms with Gasteiger partial charge in [0.1, 0.15) is 11.0 Å². The number of aromatic nitrogens is 1. The van der Waals surface area contributed by atoms with E-state index in [4.69, 9.17) is 11.6 Å². The van der Waals surface area contributed by atoms with E-state index < -0.39 is 17.3 Å². The van der Waals surface area contributed by atoms with Crippen LogP contribution < -0.4 is 4.90 Å². The van der Waals surface area contributed by atoms with Crippen molar-refractivity contribution in [3.05, 3.63) is 22.8 Å². The minimum atomic E-state index is -4.48. The van der Waals surface area contributed by atoms with Gasteiger partial charge in [0.25, 0.3) is 0 Å². The van der Waals surface area contributed by atoms with Crippen LogP contribution in [0, 0.1) is 0 Å². The van der Waals surface area contributed by atoms with Crippen molar-refractivity contribution in [1.29, 1.82) is 0 Å². The van der Waals surface area contributed by atoms with Gasteiger partial charge in [0.2, 0.25) is 0 Å². The van der Waals surface area contributed by atoms with Gasteiger partial charge in [-0.25, -0.2) is 4.98 Å². The topological polar surface area (TPSA) is 36.4 Å². The molecule has 0 saturated carbocycles. The number of alkyl halides is 3. The number of halogens is 4. The SMILES string of the molecule is CCN(CC(C)(C)O)c1cc(C(F)(F)F)cc(Cl)n1. The summed E-state index contributed by atoms with van der Waals surface area (Å²) in [7, 11) is 0. The van der Waals surface area contributed by atoms with E-state index in [9.17, 15) is 18.3 Å². The molecule has 1 aromatic rings. The van der Waals surface area contributed by atoms with E-state index in [0.29, 0.717) is 6.54 Å². The highest BCUT2D eigenvalue weighted by molar-refractivity contribution is 6.29. The van der Waals surface area contributed by atoms with Gasteiger partial charge in [-0.3, -0.25) is 0 Å². The van der Waals surface area contributed by atoms with E-state index in [0.717, 1.165) is 12.1 Å². The van der Waals surface area contributed by atoms with Crippen molar-refractivity contribution < 1.29 is 18.3 Å². The minimum absolute atomic E-state index is 0.101. The number of rotatable bonds is 4. The molecule has 0 amide bonds. The molecule has 0 unspecified atom stereocenters. The van der Waals surface area contributed by atoms with E-state index >= 15 is 0 Å². The number of hydrogen-bond acceptors (Lipinski definition) is 3. The molecule has 0 radical (unpaired) electrons. The maximum Gasteiger partial charge on any atom is 0.416 e. The van der Waals surface area contributed by atoms with Crippen molar-refractivity contribution >= 4 is 17.4 Å². The standard InChI is InChI=1S/C12H16ClF3N2O/c1-4-18(7-11(2,3)19)10-6-8(12(14,15)16)5-9(13)17-10/h5-6,19H,4,7H2,1-3H3. The van der Waals surface area contributed by atoms with Gasteiger partial charge in [0, 0.05) is 13.1 Å². The maximum absolute atomic E-state index is 12.7. The third kappa shape index (κ3) is 4.87. The summed E-state index contributed by atoms with van der Waals surface area (Å²) in [6.07, 6.45) is -4.48. The monoisotopic (exact) mass is 296 g/mol. The Balaban J connectivity index is 3.14. The Kier molecular flexibility index (Phi) is 4.68. The van der Waals surface area contributed by atoms with Crippen molar-refractivity contribution in [2.45, 2.75) is 32.5 Å². The highest BCUT2D eigenvalue weighted by atomic mass is 35.5. The molecule has 0 fully saturated rings. The first kappa shape index (κ1) is 16.0. The summed E-state index contributed by atoms with van der Waals surface area (Å²) in [6.45, 7) is 5.49. The highest BCUT2D eigenvalue weighted by Gasteiger charge is 2.32. The van der Waals surface area contributed by atoms with Gasteiger partial charge in [-0.1, -0.05) is 11.6 Å². The van der Waals surface area contributed by atoms with Crippen LogP contribution in [0.5, 0.6) is 0 Å². The first-order valence-corrected chi connectivity index (χ1v) is 6.13. The number of aliphatic hydroxyl groups is 1. The first-order chi connectivity index (χ1) is 8.53. The van der Waals surface area contributed by atoms with Crippen LogP contribution >= 0.6 is 11.6 Å². The number of anilines is 1. The predicted molar refractivity (Wildman–Crippen MR) is 68.4 cm³/mol. The van der Waals surface area contributed by atoms with Crippen LogP contribution in [0.4, 0.5) is 19.0 Å². The van der Waals surface area contributed by atoms with Gasteiger partial charge in [0.05, 0.1) is 11.2 Å². The summed E-state index contributed by atoms with van der Waals surface area (Å²) in [4.78, 5) is 5.43. The molecule has 0 atom stereocenters. The average molecular weight is 297 g/mol. The molecule has 1 aromatic heterocycles. The average Bonchev–Trinajstić information content (AvgIpc) is 2.22. The van der Waals surface area contributed by atoms with E-state index in [-0.39, 0.29) is 17.5 Å². The zero-order valence-electron chi connectivity index (χ0n) is 10.9. The molecule has 0 aromatic carbocycles. The zero-order chi connectivity index (χ0) is 14.8. The molecule has 0 bridgehead atoms. The summed E-state index contributed by atoms with van der Waals surface area (Å²) in [5.74, 6) is 0.101. The molecule has 1 rings (SSSR count). The fraction of sp³-hybridized carbons (Fsp3) is 0.583. The second-order valence-electron chi connectivity index (χ2n) is 4.86. The molecule has 0 aliphatic rings. The lowest BCUT2D eigenvalue weighted by molar-refractivity contribution is -0.137. The molecule has 19 heavy (non-hydrogen) atoms. The second kappa shape index (κ2) is 5.54. The summed E-state index contributed by atoms with van der Waals surface area (Å²) < 4.78 is 38.1. The van der Waals surface area contributed by atoms with Crippen molar-refractivity contribution in [3.8, 4) is 0 Å². The lowest BCUT2D eigenvalue weighted by Gasteiger charge is -2.29. The Bertz CT molecular complexity index is 444. The Morgan fingerprint density at radius 2 is 1.89 bits per heavy atom. The maximum atomic E-state index is 12.7. The first-order valence-electron chi connectivity index (χ1n) is 5.75. The molecule has 0 saturated heterocycles. The van der Waals surface area contributed by atoms with E-state index in [1.54, 1.807) is 25.7 Å². The smallest absolute Gasteiger partial charge is 0.389 e. The summed E-state index contributed by atoms with van der Waals surface area (Å²) in [5, 5.41) is 9.53. The summed E-state index contributed by atoms with van der Waals surface area (Å²) in [6, 6.07) is 1.71. The molecule has 1 heterocycles. The fourth-order valence-electron chi connectivity index (χ4n) is 1.63. The predicted octanol–water partition coefficient (Wildman–Crippen LogP) is 3.35. The molecule has 0 spiro atoms. The van der Waals surface area contributed by atoms with Crippen molar-refractivity contribution in [2.24, 2.45) is 0 Å². The van der Waals surface area contributed by atoms with E-state index in [1.165, 1.54) is 0 Å². The van der Waals surface area contributed by atoms with Crippen LogP contribution in [0.1, 0.15) is 26.3 Å². The third-order valence-electron chi connectivity index (χ3n) is 2.39. The van der Waals surface area contributed by atoms with Crippen molar-refractivity contribution in [1.82, 2.24) is 4.98 Å². The molecule has 0 aliphatic carbocycles.